The average Bonchev–Trinajstić information content (AvgIpc) is 2.74. The highest BCUT2D eigenvalue weighted by Gasteiger charge is 2.19. The van der Waals surface area contributed by atoms with Gasteiger partial charge in [0, 0.05) is 7.05 Å². The second-order valence-corrected chi connectivity index (χ2v) is 4.08. The van der Waals surface area contributed by atoms with Gasteiger partial charge in [-0.3, -0.25) is 4.79 Å². The SMILES string of the molecule is CSc1ccc(C(=O)N(C)[C@H](C)CO)o1. The molecule has 4 nitrogen and oxygen atoms in total. The third kappa shape index (κ3) is 2.76. The van der Waals surface area contributed by atoms with Crippen LogP contribution in [0.5, 0.6) is 0 Å². The Morgan fingerprint density at radius 1 is 1.67 bits per heavy atom. The van der Waals surface area contributed by atoms with Gasteiger partial charge in [0.25, 0.3) is 5.91 Å². The molecule has 1 N–H and O–H groups in total. The third-order valence-electron chi connectivity index (χ3n) is 2.24. The Labute approximate surface area is 93.3 Å². The molecular weight excluding hydrogens is 214 g/mol. The molecule has 15 heavy (non-hydrogen) atoms. The molecule has 1 aromatic heterocycles. The molecular formula is C10H15NO3S. The van der Waals surface area contributed by atoms with E-state index >= 15 is 0 Å². The predicted octanol–water partition coefficient (Wildman–Crippen LogP) is 1.45. The maximum absolute atomic E-state index is 11.8. The quantitative estimate of drug-likeness (QED) is 0.794. The van der Waals surface area contributed by atoms with Crippen molar-refractivity contribution in [3.05, 3.63) is 17.9 Å². The van der Waals surface area contributed by atoms with Crippen LogP contribution in [-0.4, -0.2) is 41.9 Å². The molecule has 1 aromatic rings. The van der Waals surface area contributed by atoms with E-state index in [1.165, 1.54) is 16.7 Å². The highest BCUT2D eigenvalue weighted by molar-refractivity contribution is 7.98. The Balaban J connectivity index is 2.75. The summed E-state index contributed by atoms with van der Waals surface area (Å²) < 4.78 is 5.30. The minimum absolute atomic E-state index is 0.0572. The van der Waals surface area contributed by atoms with Crippen LogP contribution in [0.2, 0.25) is 0 Å². The molecule has 0 saturated carbocycles. The largest absolute Gasteiger partial charge is 0.445 e. The predicted molar refractivity (Wildman–Crippen MR) is 59.1 cm³/mol. The standard InChI is InChI=1S/C10H15NO3S/c1-7(6-12)11(2)10(13)8-4-5-9(14-8)15-3/h4-5,7,12H,6H2,1-3H3/t7-/m1/s1. The van der Waals surface area contributed by atoms with E-state index in [1.807, 2.05) is 6.26 Å². The molecule has 0 fully saturated rings. The van der Waals surface area contributed by atoms with Gasteiger partial charge < -0.3 is 14.4 Å². The number of furan rings is 1. The molecule has 84 valence electrons. The zero-order chi connectivity index (χ0) is 11.4. The second-order valence-electron chi connectivity index (χ2n) is 3.27. The number of aliphatic hydroxyl groups excluding tert-OH is 1. The van der Waals surface area contributed by atoms with Crippen LogP contribution in [0.1, 0.15) is 17.5 Å². The molecule has 0 aliphatic heterocycles. The summed E-state index contributed by atoms with van der Waals surface area (Å²) in [5.41, 5.74) is 0. The number of rotatable bonds is 4. The number of aliphatic hydroxyl groups is 1. The number of thioether (sulfide) groups is 1. The number of hydrogen-bond acceptors (Lipinski definition) is 4. The summed E-state index contributed by atoms with van der Waals surface area (Å²) in [6, 6.07) is 3.20. The zero-order valence-electron chi connectivity index (χ0n) is 9.06. The fourth-order valence-electron chi connectivity index (χ4n) is 1.04. The molecule has 0 aromatic carbocycles. The molecule has 1 atom stereocenters. The van der Waals surface area contributed by atoms with Crippen LogP contribution >= 0.6 is 11.8 Å². The average molecular weight is 229 g/mol. The van der Waals surface area contributed by atoms with E-state index in [1.54, 1.807) is 26.1 Å². The molecule has 5 heteroatoms. The maximum Gasteiger partial charge on any atom is 0.289 e. The van der Waals surface area contributed by atoms with Crippen LogP contribution in [0.3, 0.4) is 0 Å². The molecule has 0 spiro atoms. The van der Waals surface area contributed by atoms with Gasteiger partial charge in [0.05, 0.1) is 12.6 Å². The zero-order valence-corrected chi connectivity index (χ0v) is 9.87. The van der Waals surface area contributed by atoms with Gasteiger partial charge in [-0.1, -0.05) is 11.8 Å². The molecule has 0 bridgehead atoms. The molecule has 1 amide bonds. The van der Waals surface area contributed by atoms with Crippen molar-refractivity contribution in [2.24, 2.45) is 0 Å². The van der Waals surface area contributed by atoms with Crippen molar-refractivity contribution in [3.8, 4) is 0 Å². The monoisotopic (exact) mass is 229 g/mol. The van der Waals surface area contributed by atoms with Crippen molar-refractivity contribution in [2.45, 2.75) is 18.1 Å². The van der Waals surface area contributed by atoms with E-state index in [4.69, 9.17) is 9.52 Å². The molecule has 0 radical (unpaired) electrons. The van der Waals surface area contributed by atoms with Crippen LogP contribution in [-0.2, 0) is 0 Å². The number of nitrogens with zero attached hydrogens (tertiary/aromatic N) is 1. The van der Waals surface area contributed by atoms with Gasteiger partial charge >= 0.3 is 0 Å². The number of amides is 1. The minimum atomic E-state index is -0.211. The van der Waals surface area contributed by atoms with E-state index in [-0.39, 0.29) is 18.6 Å². The Morgan fingerprint density at radius 3 is 2.80 bits per heavy atom. The fraction of sp³-hybridized carbons (Fsp3) is 0.500. The summed E-state index contributed by atoms with van der Waals surface area (Å²) in [6.07, 6.45) is 1.88. The highest BCUT2D eigenvalue weighted by Crippen LogP contribution is 2.19. The summed E-state index contributed by atoms with van der Waals surface area (Å²) in [7, 11) is 1.64. The first-order valence-electron chi connectivity index (χ1n) is 4.62. The second kappa shape index (κ2) is 5.23. The van der Waals surface area contributed by atoms with Crippen LogP contribution in [0.15, 0.2) is 21.6 Å². The van der Waals surface area contributed by atoms with Gasteiger partial charge in [-0.2, -0.15) is 0 Å². The van der Waals surface area contributed by atoms with Crippen molar-refractivity contribution in [1.29, 1.82) is 0 Å². The number of carbonyl (C=O) groups is 1. The first-order chi connectivity index (χ1) is 7.10. The van der Waals surface area contributed by atoms with Crippen molar-refractivity contribution in [2.75, 3.05) is 19.9 Å². The normalized spacial score (nSPS) is 12.5. The smallest absolute Gasteiger partial charge is 0.289 e. The Hall–Kier alpha value is -0.940. The number of hydrogen-bond donors (Lipinski definition) is 1. The molecule has 0 aliphatic carbocycles. The van der Waals surface area contributed by atoms with E-state index in [0.717, 1.165) is 0 Å². The van der Waals surface area contributed by atoms with E-state index in [9.17, 15) is 4.79 Å². The molecule has 0 saturated heterocycles. The van der Waals surface area contributed by atoms with E-state index in [2.05, 4.69) is 0 Å². The maximum atomic E-state index is 11.8. The summed E-state index contributed by atoms with van der Waals surface area (Å²) in [6.45, 7) is 1.72. The van der Waals surface area contributed by atoms with Crippen molar-refractivity contribution >= 4 is 17.7 Å². The van der Waals surface area contributed by atoms with Gasteiger partial charge in [0.2, 0.25) is 0 Å². The topological polar surface area (TPSA) is 53.7 Å². The lowest BCUT2D eigenvalue weighted by molar-refractivity contribution is 0.0645. The summed E-state index contributed by atoms with van der Waals surface area (Å²) in [4.78, 5) is 13.2. The lowest BCUT2D eigenvalue weighted by Crippen LogP contribution is -2.37. The summed E-state index contributed by atoms with van der Waals surface area (Å²) in [5, 5.41) is 9.64. The Bertz CT molecular complexity index is 337. The molecule has 1 rings (SSSR count). The van der Waals surface area contributed by atoms with Gasteiger partial charge in [-0.25, -0.2) is 0 Å². The summed E-state index contributed by atoms with van der Waals surface area (Å²) >= 11 is 1.45. The molecule has 0 aliphatic rings. The van der Waals surface area contributed by atoms with Crippen molar-refractivity contribution in [3.63, 3.8) is 0 Å². The van der Waals surface area contributed by atoms with Crippen LogP contribution in [0.4, 0.5) is 0 Å². The van der Waals surface area contributed by atoms with Crippen molar-refractivity contribution < 1.29 is 14.3 Å². The Morgan fingerprint density at radius 2 is 2.33 bits per heavy atom. The third-order valence-corrected chi connectivity index (χ3v) is 2.86. The van der Waals surface area contributed by atoms with Crippen LogP contribution in [0, 0.1) is 0 Å². The Kier molecular flexibility index (Phi) is 4.23. The van der Waals surface area contributed by atoms with Crippen molar-refractivity contribution in [1.82, 2.24) is 4.90 Å². The highest BCUT2D eigenvalue weighted by atomic mass is 32.2. The van der Waals surface area contributed by atoms with Gasteiger partial charge in [0.15, 0.2) is 10.9 Å². The number of carbonyl (C=O) groups excluding carboxylic acids is 1. The summed E-state index contributed by atoms with van der Waals surface area (Å²) in [5.74, 6) is 0.0963. The van der Waals surface area contributed by atoms with Crippen LogP contribution < -0.4 is 0 Å². The van der Waals surface area contributed by atoms with Gasteiger partial charge in [-0.15, -0.1) is 0 Å². The molecule has 1 heterocycles. The van der Waals surface area contributed by atoms with Gasteiger partial charge in [0.1, 0.15) is 0 Å². The minimum Gasteiger partial charge on any atom is -0.445 e. The lowest BCUT2D eigenvalue weighted by atomic mass is 10.3. The molecule has 0 unspecified atom stereocenters. The first kappa shape index (κ1) is 12.1. The first-order valence-corrected chi connectivity index (χ1v) is 5.84. The fourth-order valence-corrected chi connectivity index (χ4v) is 1.42. The van der Waals surface area contributed by atoms with Gasteiger partial charge in [-0.05, 0) is 25.3 Å². The lowest BCUT2D eigenvalue weighted by Gasteiger charge is -2.21. The van der Waals surface area contributed by atoms with E-state index in [0.29, 0.717) is 10.9 Å². The van der Waals surface area contributed by atoms with Crippen LogP contribution in [0.25, 0.3) is 0 Å². The van der Waals surface area contributed by atoms with E-state index < -0.39 is 0 Å². The number of likely N-dealkylation sites (N-methyl/N-ethyl adjacent to an activating group) is 1.